The van der Waals surface area contributed by atoms with Crippen molar-refractivity contribution < 1.29 is 14.3 Å². The molecule has 110 valence electrons. The fraction of sp³-hybridized carbons (Fsp3) is 0.533. The Morgan fingerprint density at radius 2 is 2.35 bits per heavy atom. The Morgan fingerprint density at radius 1 is 1.55 bits per heavy atom. The summed E-state index contributed by atoms with van der Waals surface area (Å²) in [5.74, 6) is 0.889. The second-order valence-electron chi connectivity index (χ2n) is 5.02. The number of nitrogens with two attached hydrogens (primary N) is 1. The number of hydrogen-bond donors (Lipinski definition) is 2. The van der Waals surface area contributed by atoms with Crippen molar-refractivity contribution in [1.29, 1.82) is 0 Å². The predicted molar refractivity (Wildman–Crippen MR) is 77.9 cm³/mol. The van der Waals surface area contributed by atoms with Gasteiger partial charge in [-0.05, 0) is 38.5 Å². The van der Waals surface area contributed by atoms with E-state index in [-0.39, 0.29) is 12.0 Å². The molecule has 0 aliphatic carbocycles. The lowest BCUT2D eigenvalue weighted by molar-refractivity contribution is 0.0907. The predicted octanol–water partition coefficient (Wildman–Crippen LogP) is 1.82. The average molecular weight is 278 g/mol. The zero-order valence-electron chi connectivity index (χ0n) is 12.0. The van der Waals surface area contributed by atoms with Crippen molar-refractivity contribution in [3.05, 3.63) is 23.8 Å². The van der Waals surface area contributed by atoms with Crippen LogP contribution in [-0.2, 0) is 4.74 Å². The van der Waals surface area contributed by atoms with Crippen molar-refractivity contribution in [1.82, 2.24) is 5.32 Å². The summed E-state index contributed by atoms with van der Waals surface area (Å²) in [6.07, 6.45) is 1.20. The minimum Gasteiger partial charge on any atom is -0.492 e. The van der Waals surface area contributed by atoms with Crippen LogP contribution in [0.15, 0.2) is 18.2 Å². The molecule has 0 saturated carbocycles. The van der Waals surface area contributed by atoms with E-state index < -0.39 is 0 Å². The molecule has 3 N–H and O–H groups in total. The summed E-state index contributed by atoms with van der Waals surface area (Å²) in [4.78, 5) is 12.1. The molecule has 1 saturated heterocycles. The second-order valence-corrected chi connectivity index (χ2v) is 5.02. The molecule has 0 spiro atoms. The third-order valence-corrected chi connectivity index (χ3v) is 3.63. The van der Waals surface area contributed by atoms with Gasteiger partial charge in [-0.1, -0.05) is 0 Å². The molecule has 0 bridgehead atoms. The Bertz CT molecular complexity index is 476. The number of ether oxygens (including phenoxy) is 2. The van der Waals surface area contributed by atoms with Crippen LogP contribution in [0.1, 0.15) is 30.6 Å². The van der Waals surface area contributed by atoms with Gasteiger partial charge in [-0.25, -0.2) is 0 Å². The van der Waals surface area contributed by atoms with Gasteiger partial charge in [-0.15, -0.1) is 0 Å². The van der Waals surface area contributed by atoms with Gasteiger partial charge in [0.25, 0.3) is 5.91 Å². The highest BCUT2D eigenvalue weighted by atomic mass is 16.5. The normalized spacial score (nSPS) is 21.7. The highest BCUT2D eigenvalue weighted by molar-refractivity contribution is 5.95. The van der Waals surface area contributed by atoms with Crippen molar-refractivity contribution in [3.8, 4) is 5.75 Å². The summed E-state index contributed by atoms with van der Waals surface area (Å²) in [5, 5.41) is 2.93. The molecule has 2 unspecified atom stereocenters. The molecule has 1 aliphatic heterocycles. The summed E-state index contributed by atoms with van der Waals surface area (Å²) in [7, 11) is 0. The molecule has 1 fully saturated rings. The fourth-order valence-electron chi connectivity index (χ4n) is 2.35. The average Bonchev–Trinajstić information content (AvgIpc) is 2.84. The minimum atomic E-state index is -0.112. The van der Waals surface area contributed by atoms with Gasteiger partial charge in [0, 0.05) is 24.6 Å². The molecular weight excluding hydrogens is 256 g/mol. The minimum absolute atomic E-state index is 0.112. The van der Waals surface area contributed by atoms with Crippen LogP contribution in [0.4, 0.5) is 5.69 Å². The van der Waals surface area contributed by atoms with E-state index in [9.17, 15) is 4.79 Å². The first kappa shape index (κ1) is 14.7. The summed E-state index contributed by atoms with van der Waals surface area (Å²) < 4.78 is 10.8. The van der Waals surface area contributed by atoms with E-state index in [0.717, 1.165) is 13.0 Å². The molecule has 5 nitrogen and oxygen atoms in total. The number of hydrogen-bond acceptors (Lipinski definition) is 4. The number of rotatable bonds is 5. The zero-order chi connectivity index (χ0) is 14.5. The maximum atomic E-state index is 12.1. The lowest BCUT2D eigenvalue weighted by atomic mass is 10.0. The van der Waals surface area contributed by atoms with Crippen LogP contribution in [0, 0.1) is 5.92 Å². The summed E-state index contributed by atoms with van der Waals surface area (Å²) in [5.41, 5.74) is 6.90. The number of nitrogen functional groups attached to an aromatic ring is 1. The monoisotopic (exact) mass is 278 g/mol. The lowest BCUT2D eigenvalue weighted by Gasteiger charge is -2.15. The number of benzene rings is 1. The molecule has 2 rings (SSSR count). The van der Waals surface area contributed by atoms with Gasteiger partial charge in [-0.3, -0.25) is 4.79 Å². The summed E-state index contributed by atoms with van der Waals surface area (Å²) >= 11 is 0. The summed E-state index contributed by atoms with van der Waals surface area (Å²) in [6, 6.07) is 5.11. The maximum absolute atomic E-state index is 12.1. The van der Waals surface area contributed by atoms with E-state index in [0.29, 0.717) is 36.1 Å². The van der Waals surface area contributed by atoms with Crippen LogP contribution in [0.5, 0.6) is 5.75 Å². The van der Waals surface area contributed by atoms with Crippen molar-refractivity contribution in [2.24, 2.45) is 5.92 Å². The highest BCUT2D eigenvalue weighted by Gasteiger charge is 2.24. The van der Waals surface area contributed by atoms with Crippen LogP contribution in [0.2, 0.25) is 0 Å². The van der Waals surface area contributed by atoms with E-state index >= 15 is 0 Å². The highest BCUT2D eigenvalue weighted by Crippen LogP contribution is 2.23. The van der Waals surface area contributed by atoms with Crippen molar-refractivity contribution in [3.63, 3.8) is 0 Å². The van der Waals surface area contributed by atoms with Gasteiger partial charge >= 0.3 is 0 Å². The molecule has 20 heavy (non-hydrogen) atoms. The Hall–Kier alpha value is -1.75. The van der Waals surface area contributed by atoms with Crippen LogP contribution < -0.4 is 15.8 Å². The molecule has 5 heteroatoms. The first-order valence-electron chi connectivity index (χ1n) is 7.04. The number of anilines is 1. The van der Waals surface area contributed by atoms with Crippen LogP contribution in [0.3, 0.4) is 0 Å². The quantitative estimate of drug-likeness (QED) is 0.806. The third-order valence-electron chi connectivity index (χ3n) is 3.63. The van der Waals surface area contributed by atoms with Gasteiger partial charge in [0.1, 0.15) is 5.75 Å². The van der Waals surface area contributed by atoms with Crippen molar-refractivity contribution >= 4 is 11.6 Å². The van der Waals surface area contributed by atoms with Crippen LogP contribution >= 0.6 is 0 Å². The Kier molecular flexibility index (Phi) is 4.84. The standard InChI is InChI=1S/C15H22N2O3/c1-3-19-14-5-4-11(8-13(14)16)15(18)17-9-12-6-7-20-10(12)2/h4-5,8,10,12H,3,6-7,9,16H2,1-2H3,(H,17,18). The largest absolute Gasteiger partial charge is 0.492 e. The van der Waals surface area contributed by atoms with E-state index in [1.807, 2.05) is 13.8 Å². The smallest absolute Gasteiger partial charge is 0.251 e. The van der Waals surface area contributed by atoms with Crippen LogP contribution in [0.25, 0.3) is 0 Å². The molecule has 1 aliphatic rings. The number of amides is 1. The topological polar surface area (TPSA) is 73.6 Å². The van der Waals surface area contributed by atoms with Crippen LogP contribution in [-0.4, -0.2) is 31.8 Å². The van der Waals surface area contributed by atoms with E-state index in [1.54, 1.807) is 18.2 Å². The first-order valence-corrected chi connectivity index (χ1v) is 7.04. The Labute approximate surface area is 119 Å². The molecular formula is C15H22N2O3. The fourth-order valence-corrected chi connectivity index (χ4v) is 2.35. The molecule has 1 heterocycles. The number of nitrogens with one attached hydrogen (secondary N) is 1. The van der Waals surface area contributed by atoms with Crippen molar-refractivity contribution in [2.75, 3.05) is 25.5 Å². The Morgan fingerprint density at radius 3 is 2.95 bits per heavy atom. The van der Waals surface area contributed by atoms with Gasteiger partial charge in [0.05, 0.1) is 18.4 Å². The molecule has 1 aromatic carbocycles. The molecule has 0 radical (unpaired) electrons. The zero-order valence-corrected chi connectivity index (χ0v) is 12.0. The SMILES string of the molecule is CCOc1ccc(C(=O)NCC2CCOC2C)cc1N. The molecule has 1 amide bonds. The second kappa shape index (κ2) is 6.61. The first-order chi connectivity index (χ1) is 9.61. The molecule has 2 atom stereocenters. The van der Waals surface area contributed by atoms with E-state index in [2.05, 4.69) is 5.32 Å². The maximum Gasteiger partial charge on any atom is 0.251 e. The van der Waals surface area contributed by atoms with Gasteiger partial charge in [0.2, 0.25) is 0 Å². The van der Waals surface area contributed by atoms with E-state index in [1.165, 1.54) is 0 Å². The number of carbonyl (C=O) groups is 1. The summed E-state index contributed by atoms with van der Waals surface area (Å²) in [6.45, 7) is 5.89. The van der Waals surface area contributed by atoms with Gasteiger partial charge < -0.3 is 20.5 Å². The third kappa shape index (κ3) is 3.42. The van der Waals surface area contributed by atoms with Crippen molar-refractivity contribution in [2.45, 2.75) is 26.4 Å². The van der Waals surface area contributed by atoms with Gasteiger partial charge in [-0.2, -0.15) is 0 Å². The molecule has 1 aromatic rings. The Balaban J connectivity index is 1.93. The number of carbonyl (C=O) groups excluding carboxylic acids is 1. The van der Waals surface area contributed by atoms with Gasteiger partial charge in [0.15, 0.2) is 0 Å². The lowest BCUT2D eigenvalue weighted by Crippen LogP contribution is -2.32. The molecule has 0 aromatic heterocycles. The van der Waals surface area contributed by atoms with E-state index in [4.69, 9.17) is 15.2 Å².